The molecule has 8 nitrogen and oxygen atoms in total. The van der Waals surface area contributed by atoms with Gasteiger partial charge in [0.1, 0.15) is 0 Å². The van der Waals surface area contributed by atoms with E-state index in [2.05, 4.69) is 0 Å². The molecule has 0 heterocycles. The Hall–Kier alpha value is -1.94. The van der Waals surface area contributed by atoms with Crippen molar-refractivity contribution in [3.63, 3.8) is 0 Å². The number of nitroso groups, excluding NO2 is 1. The molecule has 0 aliphatic rings. The number of nitrogens with zero attached hydrogens (tertiary/aromatic N) is 7. The van der Waals surface area contributed by atoms with Gasteiger partial charge in [0.2, 0.25) is 0 Å². The quantitative estimate of drug-likeness (QED) is 0.354. The van der Waals surface area contributed by atoms with Crippen LogP contribution in [0.25, 0.3) is 5.59 Å². The second kappa shape index (κ2) is 504. The molecule has 0 fully saturated rings. The van der Waals surface area contributed by atoms with Crippen LogP contribution < -0.4 is 29.6 Å². The average molecular weight is 265 g/mol. The Morgan fingerprint density at radius 3 is 0.500 bits per heavy atom. The second-order valence-corrected chi connectivity index (χ2v) is 0. The molecule has 0 bridgehead atoms. The fraction of sp³-hybridized carbons (Fsp3) is 0. The van der Waals surface area contributed by atoms with Crippen molar-refractivity contribution in [3.05, 3.63) is 49.9 Å². The van der Waals surface area contributed by atoms with Gasteiger partial charge in [0.15, 0.2) is 0 Å². The SMILES string of the molecule is [C-]#N.[C-]#N.[C-]#N.[C-]#N.[C-]#N.[C-]#N.[Fe+3].[N-]=O.[Na+]. The summed E-state index contributed by atoms with van der Waals surface area (Å²) in [6, 6.07) is 0. The summed E-state index contributed by atoms with van der Waals surface area (Å²) in [5.41, 5.74) is 5.75. The maximum Gasteiger partial charge on any atom is 3.00 e. The standard InChI is InChI=1S/6CN.Fe.NO.Na/c6*1-2;;1-2;/q6*-1;+3;-1;+1. The largest absolute Gasteiger partial charge is 3.00 e. The molecule has 0 rings (SSSR count). The topological polar surface area (TPSA) is 182 Å². The summed E-state index contributed by atoms with van der Waals surface area (Å²) in [6.45, 7) is 28.5. The molecule has 0 aliphatic heterocycles. The zero-order valence-corrected chi connectivity index (χ0v) is 11.0. The van der Waals surface area contributed by atoms with E-state index in [-0.39, 0.29) is 46.6 Å². The third-order valence-electron chi connectivity index (χ3n) is 0. The van der Waals surface area contributed by atoms with Crippen LogP contribution in [0.2, 0.25) is 0 Å². The first-order chi connectivity index (χ1) is 7.00. The van der Waals surface area contributed by atoms with Crippen LogP contribution in [0.15, 0.2) is 0 Å². The minimum Gasteiger partial charge on any atom is -0.577 e. The minimum absolute atomic E-state index is 0. The van der Waals surface area contributed by atoms with Crippen molar-refractivity contribution in [2.45, 2.75) is 0 Å². The van der Waals surface area contributed by atoms with E-state index < -0.39 is 0 Å². The van der Waals surface area contributed by atoms with E-state index in [9.17, 15) is 0 Å². The maximum atomic E-state index is 7.25. The summed E-state index contributed by atoms with van der Waals surface area (Å²) in [6.07, 6.45) is 0. The summed E-state index contributed by atoms with van der Waals surface area (Å²) in [5, 5.41) is 37.5. The zero-order chi connectivity index (χ0) is 14.0. The molecule has 0 aromatic rings. The Bertz CT molecular complexity index is 115. The summed E-state index contributed by atoms with van der Waals surface area (Å²) in [7, 11) is 0. The third kappa shape index (κ3) is 392. The van der Waals surface area contributed by atoms with Gasteiger partial charge in [-0.25, -0.2) is 0 Å². The molecule has 0 amide bonds. The fourth-order valence-corrected chi connectivity index (χ4v) is 0. The predicted octanol–water partition coefficient (Wildman–Crippen LogP) is -2.10. The summed E-state index contributed by atoms with van der Waals surface area (Å²) in [5.74, 6) is 0. The van der Waals surface area contributed by atoms with E-state index in [1.807, 2.05) is 0 Å². The molecule has 16 heavy (non-hydrogen) atoms. The number of hydrogen-bond donors (Lipinski definition) is 0. The van der Waals surface area contributed by atoms with E-state index in [1.54, 1.807) is 0 Å². The van der Waals surface area contributed by atoms with Gasteiger partial charge in [-0.2, -0.15) is 0 Å². The summed E-state index contributed by atoms with van der Waals surface area (Å²) in [4.78, 5) is 7.25. The average Bonchev–Trinajstić information content (AvgIpc) is 2.45. The smallest absolute Gasteiger partial charge is 0.577 e. The van der Waals surface area contributed by atoms with Crippen LogP contribution in [0, 0.1) is 75.9 Å². The molecule has 0 aliphatic carbocycles. The molecular formula is C6FeN7NaO-3. The van der Waals surface area contributed by atoms with Gasteiger partial charge in [-0.05, 0) is 0 Å². The molecule has 0 aromatic heterocycles. The van der Waals surface area contributed by atoms with Crippen molar-refractivity contribution in [1.82, 2.24) is 0 Å². The third-order valence-corrected chi connectivity index (χ3v) is 0. The van der Waals surface area contributed by atoms with Crippen LogP contribution in [0.1, 0.15) is 0 Å². The molecule has 0 aromatic carbocycles. The van der Waals surface area contributed by atoms with Crippen molar-refractivity contribution >= 4 is 0 Å². The Morgan fingerprint density at radius 1 is 0.500 bits per heavy atom. The normalized spacial score (nSPS) is 1.00. The first-order valence-corrected chi connectivity index (χ1v) is 1.52. The van der Waals surface area contributed by atoms with Gasteiger partial charge in [-0.3, -0.25) is 0 Å². The molecule has 1 radical (unpaired) electrons. The van der Waals surface area contributed by atoms with Crippen molar-refractivity contribution in [2.24, 2.45) is 0 Å². The van der Waals surface area contributed by atoms with Crippen molar-refractivity contribution < 1.29 is 46.6 Å². The van der Waals surface area contributed by atoms with Crippen molar-refractivity contribution in [3.8, 4) is 0 Å². The van der Waals surface area contributed by atoms with Gasteiger partial charge in [0.05, 0.1) is 0 Å². The van der Waals surface area contributed by atoms with Crippen LogP contribution in [0.4, 0.5) is 0 Å². The summed E-state index contributed by atoms with van der Waals surface area (Å²) < 4.78 is 0. The maximum absolute atomic E-state index is 7.25. The van der Waals surface area contributed by atoms with E-state index >= 15 is 0 Å². The molecule has 0 spiro atoms. The zero-order valence-electron chi connectivity index (χ0n) is 7.89. The molecule has 0 atom stereocenters. The molecule has 0 N–H and O–H groups in total. The van der Waals surface area contributed by atoms with E-state index in [1.165, 1.54) is 0 Å². The number of rotatable bonds is 0. The molecule has 0 saturated carbocycles. The van der Waals surface area contributed by atoms with Gasteiger partial charge in [-0.15, -0.1) is 0 Å². The Morgan fingerprint density at radius 2 is 0.500 bits per heavy atom. The Kier molecular flexibility index (Phi) is 2950. The van der Waals surface area contributed by atoms with Crippen LogP contribution >= 0.6 is 0 Å². The van der Waals surface area contributed by atoms with Crippen LogP contribution in [-0.4, -0.2) is 0 Å². The van der Waals surface area contributed by atoms with Crippen molar-refractivity contribution in [1.29, 1.82) is 31.6 Å². The van der Waals surface area contributed by atoms with Crippen LogP contribution in [-0.2, 0) is 17.1 Å². The predicted molar refractivity (Wildman–Crippen MR) is 36.5 cm³/mol. The van der Waals surface area contributed by atoms with E-state index in [0.717, 1.165) is 0 Å². The van der Waals surface area contributed by atoms with Gasteiger partial charge < -0.3 is 81.5 Å². The fourth-order valence-electron chi connectivity index (χ4n) is 0. The Labute approximate surface area is 127 Å². The molecule has 0 unspecified atom stereocenters. The minimum atomic E-state index is 0. The first kappa shape index (κ1) is 93.7. The van der Waals surface area contributed by atoms with Crippen molar-refractivity contribution in [2.75, 3.05) is 0 Å². The molecule has 10 heteroatoms. The number of hydrogen-bond acceptors (Lipinski definition) is 7. The van der Waals surface area contributed by atoms with Gasteiger partial charge in [0, 0.05) is 0 Å². The second-order valence-electron chi connectivity index (χ2n) is 0. The molecule has 77 valence electrons. The molecule has 0 saturated heterocycles. The summed E-state index contributed by atoms with van der Waals surface area (Å²) >= 11 is 0. The van der Waals surface area contributed by atoms with Gasteiger partial charge >= 0.3 is 46.6 Å². The van der Waals surface area contributed by atoms with Gasteiger partial charge in [-0.1, -0.05) is 0 Å². The first-order valence-electron chi connectivity index (χ1n) is 1.52. The van der Waals surface area contributed by atoms with E-state index in [4.69, 9.17) is 81.5 Å². The van der Waals surface area contributed by atoms with Gasteiger partial charge in [0.25, 0.3) is 0 Å². The van der Waals surface area contributed by atoms with E-state index in [0.29, 0.717) is 0 Å². The monoisotopic (exact) mass is 265 g/mol. The van der Waals surface area contributed by atoms with Crippen LogP contribution in [0.3, 0.4) is 0 Å². The van der Waals surface area contributed by atoms with Crippen LogP contribution in [0.5, 0.6) is 0 Å². The molecular weight excluding hydrogens is 265 g/mol. The Balaban J connectivity index is -0.00000000500.